The van der Waals surface area contributed by atoms with E-state index in [4.69, 9.17) is 16.3 Å². The first-order chi connectivity index (χ1) is 14.2. The fraction of sp³-hybridized carbons (Fsp3) is 0.227. The molecule has 0 aliphatic heterocycles. The molecule has 0 aliphatic carbocycles. The first-order valence-electron chi connectivity index (χ1n) is 9.29. The standard InChI is InChI=1S/C22H22ClN3O3S/c1-22(2,3)29-21(28)26-15-10-8-14(9-11-15)24-19(27)12-16-13-30-20(25-16)17-6-4-5-7-18(17)23/h4-11,13H,12H2,1-3H3,(H,24,27)(H,26,28). The smallest absolute Gasteiger partial charge is 0.412 e. The minimum atomic E-state index is -0.570. The Morgan fingerprint density at radius 1 is 1.03 bits per heavy atom. The highest BCUT2D eigenvalue weighted by Gasteiger charge is 2.16. The molecule has 8 heteroatoms. The van der Waals surface area contributed by atoms with Crippen LogP contribution in [0.15, 0.2) is 53.9 Å². The van der Waals surface area contributed by atoms with E-state index in [2.05, 4.69) is 15.6 Å². The van der Waals surface area contributed by atoms with Gasteiger partial charge in [0.15, 0.2) is 0 Å². The molecule has 3 rings (SSSR count). The number of rotatable bonds is 5. The number of carbonyl (C=O) groups is 2. The van der Waals surface area contributed by atoms with Crippen molar-refractivity contribution in [2.45, 2.75) is 32.8 Å². The molecule has 3 aromatic rings. The lowest BCUT2D eigenvalue weighted by Crippen LogP contribution is -2.27. The van der Waals surface area contributed by atoms with Gasteiger partial charge in [0.05, 0.1) is 17.1 Å². The van der Waals surface area contributed by atoms with Crippen LogP contribution in [0.3, 0.4) is 0 Å². The number of hydrogen-bond donors (Lipinski definition) is 2. The van der Waals surface area contributed by atoms with Crippen molar-refractivity contribution >= 4 is 46.3 Å². The molecular weight excluding hydrogens is 422 g/mol. The summed E-state index contributed by atoms with van der Waals surface area (Å²) in [5.74, 6) is -0.182. The number of ether oxygens (including phenoxy) is 1. The molecule has 0 spiro atoms. The molecule has 0 aliphatic rings. The molecule has 0 atom stereocenters. The number of hydrogen-bond acceptors (Lipinski definition) is 5. The SMILES string of the molecule is CC(C)(C)OC(=O)Nc1ccc(NC(=O)Cc2csc(-c3ccccc3Cl)n2)cc1. The number of nitrogens with one attached hydrogen (secondary N) is 2. The number of amides is 2. The van der Waals surface area contributed by atoms with E-state index in [9.17, 15) is 9.59 Å². The minimum absolute atomic E-state index is 0.152. The predicted molar refractivity (Wildman–Crippen MR) is 121 cm³/mol. The third-order valence-corrected chi connectivity index (χ3v) is 5.07. The molecular formula is C22H22ClN3O3S. The van der Waals surface area contributed by atoms with E-state index in [0.717, 1.165) is 10.6 Å². The van der Waals surface area contributed by atoms with Gasteiger partial charge in [0.1, 0.15) is 10.6 Å². The molecule has 0 bridgehead atoms. The van der Waals surface area contributed by atoms with E-state index in [1.165, 1.54) is 11.3 Å². The summed E-state index contributed by atoms with van der Waals surface area (Å²) in [6.45, 7) is 5.39. The van der Waals surface area contributed by atoms with Gasteiger partial charge in [0, 0.05) is 22.3 Å². The van der Waals surface area contributed by atoms with E-state index in [0.29, 0.717) is 22.1 Å². The van der Waals surface area contributed by atoms with Gasteiger partial charge >= 0.3 is 6.09 Å². The second kappa shape index (κ2) is 9.28. The van der Waals surface area contributed by atoms with Crippen LogP contribution in [0.25, 0.3) is 10.6 Å². The summed E-state index contributed by atoms with van der Waals surface area (Å²) in [4.78, 5) is 28.7. The van der Waals surface area contributed by atoms with Crippen LogP contribution >= 0.6 is 22.9 Å². The summed E-state index contributed by atoms with van der Waals surface area (Å²) in [5.41, 5.74) is 2.15. The molecule has 1 aromatic heterocycles. The lowest BCUT2D eigenvalue weighted by Gasteiger charge is -2.19. The average Bonchev–Trinajstić information content (AvgIpc) is 3.10. The quantitative estimate of drug-likeness (QED) is 0.507. The number of thiazole rings is 1. The van der Waals surface area contributed by atoms with Crippen molar-refractivity contribution in [3.63, 3.8) is 0 Å². The van der Waals surface area contributed by atoms with Crippen molar-refractivity contribution in [1.29, 1.82) is 0 Å². The van der Waals surface area contributed by atoms with Crippen LogP contribution in [0.1, 0.15) is 26.5 Å². The van der Waals surface area contributed by atoms with Crippen LogP contribution in [0.5, 0.6) is 0 Å². The molecule has 30 heavy (non-hydrogen) atoms. The van der Waals surface area contributed by atoms with Crippen LogP contribution in [-0.4, -0.2) is 22.6 Å². The van der Waals surface area contributed by atoms with Crippen molar-refractivity contribution in [1.82, 2.24) is 4.98 Å². The highest BCUT2D eigenvalue weighted by atomic mass is 35.5. The highest BCUT2D eigenvalue weighted by Crippen LogP contribution is 2.30. The number of aromatic nitrogens is 1. The molecule has 0 saturated carbocycles. The number of benzene rings is 2. The average molecular weight is 444 g/mol. The normalized spacial score (nSPS) is 11.1. The number of anilines is 2. The van der Waals surface area contributed by atoms with Gasteiger partial charge < -0.3 is 10.1 Å². The third-order valence-electron chi connectivity index (χ3n) is 3.81. The van der Waals surface area contributed by atoms with Crippen molar-refractivity contribution in [2.75, 3.05) is 10.6 Å². The minimum Gasteiger partial charge on any atom is -0.444 e. The predicted octanol–water partition coefficient (Wildman–Crippen LogP) is 5.99. The van der Waals surface area contributed by atoms with Gasteiger partial charge in [0.25, 0.3) is 0 Å². The van der Waals surface area contributed by atoms with Gasteiger partial charge in [0.2, 0.25) is 5.91 Å². The largest absolute Gasteiger partial charge is 0.444 e. The van der Waals surface area contributed by atoms with Gasteiger partial charge in [-0.15, -0.1) is 11.3 Å². The zero-order valence-electron chi connectivity index (χ0n) is 16.9. The second-order valence-corrected chi connectivity index (χ2v) is 8.82. The summed E-state index contributed by atoms with van der Waals surface area (Å²) >= 11 is 7.66. The molecule has 0 fully saturated rings. The first kappa shape index (κ1) is 21.8. The topological polar surface area (TPSA) is 80.3 Å². The lowest BCUT2D eigenvalue weighted by atomic mass is 10.2. The molecule has 0 saturated heterocycles. The van der Waals surface area contributed by atoms with Crippen LogP contribution in [0.2, 0.25) is 5.02 Å². The molecule has 1 heterocycles. The maximum Gasteiger partial charge on any atom is 0.412 e. The third kappa shape index (κ3) is 6.30. The maximum atomic E-state index is 12.4. The zero-order chi connectivity index (χ0) is 21.7. The van der Waals surface area contributed by atoms with Crippen molar-refractivity contribution in [3.05, 3.63) is 64.6 Å². The second-order valence-electron chi connectivity index (χ2n) is 7.55. The molecule has 2 aromatic carbocycles. The van der Waals surface area contributed by atoms with E-state index >= 15 is 0 Å². The summed E-state index contributed by atoms with van der Waals surface area (Å²) in [6.07, 6.45) is -0.379. The van der Waals surface area contributed by atoms with E-state index in [1.807, 2.05) is 29.6 Å². The summed E-state index contributed by atoms with van der Waals surface area (Å²) in [7, 11) is 0. The molecule has 2 amide bonds. The Labute approximate surface area is 184 Å². The van der Waals surface area contributed by atoms with E-state index in [-0.39, 0.29) is 12.3 Å². The number of nitrogens with zero attached hydrogens (tertiary/aromatic N) is 1. The number of carbonyl (C=O) groups excluding carboxylic acids is 2. The van der Waals surface area contributed by atoms with E-state index in [1.54, 1.807) is 45.0 Å². The Morgan fingerprint density at radius 3 is 2.30 bits per heavy atom. The fourth-order valence-corrected chi connectivity index (χ4v) is 3.71. The van der Waals surface area contributed by atoms with E-state index < -0.39 is 11.7 Å². The van der Waals surface area contributed by atoms with Gasteiger partial charge in [-0.25, -0.2) is 9.78 Å². The molecule has 156 valence electrons. The Bertz CT molecular complexity index is 1040. The summed E-state index contributed by atoms with van der Waals surface area (Å²) in [5, 5.41) is 8.73. The summed E-state index contributed by atoms with van der Waals surface area (Å²) in [6, 6.07) is 14.3. The van der Waals surface area contributed by atoms with Crippen LogP contribution in [0, 0.1) is 0 Å². The van der Waals surface area contributed by atoms with Crippen molar-refractivity contribution in [3.8, 4) is 10.6 Å². The highest BCUT2D eigenvalue weighted by molar-refractivity contribution is 7.13. The maximum absolute atomic E-state index is 12.4. The zero-order valence-corrected chi connectivity index (χ0v) is 18.4. The van der Waals surface area contributed by atoms with Gasteiger partial charge in [-0.2, -0.15) is 0 Å². The molecule has 0 unspecified atom stereocenters. The number of halogens is 1. The Kier molecular flexibility index (Phi) is 6.74. The molecule has 2 N–H and O–H groups in total. The summed E-state index contributed by atoms with van der Waals surface area (Å²) < 4.78 is 5.21. The van der Waals surface area contributed by atoms with Gasteiger partial charge in [-0.1, -0.05) is 29.8 Å². The van der Waals surface area contributed by atoms with Crippen molar-refractivity contribution < 1.29 is 14.3 Å². The fourth-order valence-electron chi connectivity index (χ4n) is 2.57. The van der Waals surface area contributed by atoms with Gasteiger partial charge in [-0.05, 0) is 51.1 Å². The Morgan fingerprint density at radius 2 is 1.67 bits per heavy atom. The van der Waals surface area contributed by atoms with Gasteiger partial charge in [-0.3, -0.25) is 10.1 Å². The Balaban J connectivity index is 1.55. The van der Waals surface area contributed by atoms with Crippen LogP contribution < -0.4 is 10.6 Å². The monoisotopic (exact) mass is 443 g/mol. The molecule has 6 nitrogen and oxygen atoms in total. The molecule has 0 radical (unpaired) electrons. The lowest BCUT2D eigenvalue weighted by molar-refractivity contribution is -0.115. The first-order valence-corrected chi connectivity index (χ1v) is 10.5. The van der Waals surface area contributed by atoms with Crippen LogP contribution in [0.4, 0.5) is 16.2 Å². The Hall–Kier alpha value is -2.90. The van der Waals surface area contributed by atoms with Crippen LogP contribution in [-0.2, 0) is 16.0 Å². The van der Waals surface area contributed by atoms with Crippen molar-refractivity contribution in [2.24, 2.45) is 0 Å².